The summed E-state index contributed by atoms with van der Waals surface area (Å²) in [5.74, 6) is 1.32. The Morgan fingerprint density at radius 2 is 1.24 bits per heavy atom. The highest BCUT2D eigenvalue weighted by Crippen LogP contribution is 2.27. The Kier molecular flexibility index (Phi) is 10.6. The molecule has 0 saturated carbocycles. The molecule has 2 fully saturated rings. The molecule has 2 aromatic heterocycles. The first kappa shape index (κ1) is 30.2. The van der Waals surface area contributed by atoms with Crippen LogP contribution >= 0.6 is 23.2 Å². The molecule has 0 spiro atoms. The van der Waals surface area contributed by atoms with E-state index in [9.17, 15) is 0 Å². The molecule has 4 aromatic rings. The smallest absolute Gasteiger partial charge is 0.227 e. The van der Waals surface area contributed by atoms with E-state index < -0.39 is 0 Å². The van der Waals surface area contributed by atoms with Crippen LogP contribution in [0.15, 0.2) is 67.1 Å². The van der Waals surface area contributed by atoms with Gasteiger partial charge >= 0.3 is 0 Å². The lowest BCUT2D eigenvalue weighted by Gasteiger charge is -2.24. The zero-order valence-electron chi connectivity index (χ0n) is 23.7. The molecule has 0 aliphatic carbocycles. The lowest BCUT2D eigenvalue weighted by molar-refractivity contribution is 0.0276. The molecule has 0 radical (unpaired) electrons. The second kappa shape index (κ2) is 14.7. The molecule has 0 bridgehead atoms. The number of hydrogen-bond acceptors (Lipinski definition) is 9. The third-order valence-electron chi connectivity index (χ3n) is 6.96. The Hall–Kier alpha value is -3.31. The van der Waals surface area contributed by atoms with E-state index in [0.29, 0.717) is 16.0 Å². The molecule has 6 rings (SSSR count). The monoisotopic (exact) mass is 607 g/mol. The predicted molar refractivity (Wildman–Crippen MR) is 168 cm³/mol. The average molecular weight is 609 g/mol. The number of hydrogen-bond donors (Lipinski definition) is 4. The highest BCUT2D eigenvalue weighted by atomic mass is 35.5. The Bertz CT molecular complexity index is 1330. The fourth-order valence-corrected chi connectivity index (χ4v) is 4.91. The normalized spacial score (nSPS) is 18.5. The minimum Gasteiger partial charge on any atom is -0.371 e. The van der Waals surface area contributed by atoms with Crippen molar-refractivity contribution in [3.8, 4) is 0 Å². The largest absolute Gasteiger partial charge is 0.371 e. The summed E-state index contributed by atoms with van der Waals surface area (Å²) < 4.78 is 11.5. The van der Waals surface area contributed by atoms with Crippen molar-refractivity contribution in [2.75, 3.05) is 50.0 Å². The summed E-state index contributed by atoms with van der Waals surface area (Å²) in [5, 5.41) is 14.3. The maximum absolute atomic E-state index is 5.84. The summed E-state index contributed by atoms with van der Waals surface area (Å²) in [6, 6.07) is 16.3. The number of nitrogens with zero attached hydrogens (tertiary/aromatic N) is 3. The SMILES string of the molecule is Cc1cc(C2CNCCO2)ccc1Nc1ccc(Cl)cn1.Cc1cc(C2CNCCO2)ccc1Nc1ncc(Cl)cn1. The number of ether oxygens (including phenoxy) is 2. The van der Waals surface area contributed by atoms with Gasteiger partial charge in [0, 0.05) is 43.8 Å². The Balaban J connectivity index is 0.000000168. The predicted octanol–water partition coefficient (Wildman–Crippen LogP) is 6.29. The van der Waals surface area contributed by atoms with Crippen LogP contribution in [0.4, 0.5) is 23.1 Å². The van der Waals surface area contributed by atoms with Crippen LogP contribution in [0.1, 0.15) is 34.5 Å². The lowest BCUT2D eigenvalue weighted by Crippen LogP contribution is -2.33. The first-order valence-corrected chi connectivity index (χ1v) is 14.7. The van der Waals surface area contributed by atoms with Crippen molar-refractivity contribution in [2.45, 2.75) is 26.1 Å². The van der Waals surface area contributed by atoms with E-state index in [1.54, 1.807) is 18.6 Å². The molecule has 11 heteroatoms. The van der Waals surface area contributed by atoms with Crippen LogP contribution in [-0.4, -0.2) is 54.3 Å². The molecule has 9 nitrogen and oxygen atoms in total. The Morgan fingerprint density at radius 3 is 1.71 bits per heavy atom. The van der Waals surface area contributed by atoms with E-state index >= 15 is 0 Å². The minimum absolute atomic E-state index is 0.123. The van der Waals surface area contributed by atoms with Crippen molar-refractivity contribution < 1.29 is 9.47 Å². The summed E-state index contributed by atoms with van der Waals surface area (Å²) >= 11 is 11.6. The first-order valence-electron chi connectivity index (χ1n) is 13.9. The minimum atomic E-state index is 0.123. The highest BCUT2D eigenvalue weighted by molar-refractivity contribution is 6.30. The third-order valence-corrected chi connectivity index (χ3v) is 7.38. The number of halogens is 2. The van der Waals surface area contributed by atoms with Gasteiger partial charge in [0.15, 0.2) is 0 Å². The van der Waals surface area contributed by atoms with E-state index in [0.717, 1.165) is 62.1 Å². The molecular formula is C31H35Cl2N7O2. The second-order valence-corrected chi connectivity index (χ2v) is 11.0. The van der Waals surface area contributed by atoms with E-state index in [1.165, 1.54) is 16.7 Å². The number of aryl methyl sites for hydroxylation is 2. The van der Waals surface area contributed by atoms with E-state index in [1.807, 2.05) is 18.2 Å². The van der Waals surface area contributed by atoms with Gasteiger partial charge < -0.3 is 30.7 Å². The zero-order chi connectivity index (χ0) is 29.3. The maximum Gasteiger partial charge on any atom is 0.227 e. The fourth-order valence-electron chi connectivity index (χ4n) is 4.70. The molecule has 220 valence electrons. The van der Waals surface area contributed by atoms with Crippen LogP contribution in [0.3, 0.4) is 0 Å². The van der Waals surface area contributed by atoms with Crippen LogP contribution in [0.2, 0.25) is 10.0 Å². The second-order valence-electron chi connectivity index (χ2n) is 10.1. The van der Waals surface area contributed by atoms with Crippen molar-refractivity contribution in [1.82, 2.24) is 25.6 Å². The third kappa shape index (κ3) is 8.38. The molecule has 2 aliphatic heterocycles. The number of nitrogens with one attached hydrogen (secondary N) is 4. The molecule has 2 unspecified atom stereocenters. The van der Waals surface area contributed by atoms with Crippen molar-refractivity contribution in [3.05, 3.63) is 99.4 Å². The van der Waals surface area contributed by atoms with Gasteiger partial charge in [0.1, 0.15) is 5.82 Å². The Labute approximate surface area is 256 Å². The van der Waals surface area contributed by atoms with Gasteiger partial charge in [-0.05, 0) is 60.4 Å². The lowest BCUT2D eigenvalue weighted by atomic mass is 10.0. The molecular weight excluding hydrogens is 573 g/mol. The average Bonchev–Trinajstić information content (AvgIpc) is 3.02. The summed E-state index contributed by atoms with van der Waals surface area (Å²) in [7, 11) is 0. The summed E-state index contributed by atoms with van der Waals surface area (Å²) in [5.41, 5.74) is 6.69. The van der Waals surface area contributed by atoms with Crippen LogP contribution in [-0.2, 0) is 9.47 Å². The van der Waals surface area contributed by atoms with Crippen LogP contribution in [0.5, 0.6) is 0 Å². The molecule has 42 heavy (non-hydrogen) atoms. The van der Waals surface area contributed by atoms with E-state index in [-0.39, 0.29) is 12.2 Å². The molecule has 2 atom stereocenters. The van der Waals surface area contributed by atoms with Crippen molar-refractivity contribution in [2.24, 2.45) is 0 Å². The first-order chi connectivity index (χ1) is 20.4. The fraction of sp³-hybridized carbons (Fsp3) is 0.323. The molecule has 4 N–H and O–H groups in total. The molecule has 2 aliphatic rings. The van der Waals surface area contributed by atoms with Gasteiger partial charge in [0.05, 0.1) is 47.9 Å². The number of aromatic nitrogens is 3. The highest BCUT2D eigenvalue weighted by Gasteiger charge is 2.17. The zero-order valence-corrected chi connectivity index (χ0v) is 25.2. The molecule has 2 aromatic carbocycles. The maximum atomic E-state index is 5.84. The number of anilines is 4. The van der Waals surface area contributed by atoms with Crippen molar-refractivity contribution >= 4 is 46.3 Å². The van der Waals surface area contributed by atoms with Crippen molar-refractivity contribution in [3.63, 3.8) is 0 Å². The van der Waals surface area contributed by atoms with Gasteiger partial charge in [-0.15, -0.1) is 0 Å². The summed E-state index contributed by atoms with van der Waals surface area (Å²) in [6.07, 6.45) is 5.04. The number of pyridine rings is 1. The number of benzene rings is 2. The topological polar surface area (TPSA) is 105 Å². The standard InChI is InChI=1S/C16H18ClN3O.C15H17ClN4O/c1-11-8-12(15-10-18-6-7-21-15)2-4-14(11)20-16-5-3-13(17)9-19-16;1-10-6-11(14-9-17-4-5-21-14)2-3-13(10)20-15-18-7-12(16)8-19-15/h2-5,8-9,15,18H,6-7,10H2,1H3,(H,19,20);2-3,6-8,14,17H,4-5,9H2,1H3,(H,18,19,20). The van der Waals surface area contributed by atoms with Crippen LogP contribution < -0.4 is 21.3 Å². The number of rotatable bonds is 6. The molecule has 0 amide bonds. The summed E-state index contributed by atoms with van der Waals surface area (Å²) in [6.45, 7) is 9.22. The van der Waals surface area contributed by atoms with Gasteiger partial charge in [-0.1, -0.05) is 47.5 Å². The van der Waals surface area contributed by atoms with Gasteiger partial charge in [0.25, 0.3) is 0 Å². The quantitative estimate of drug-likeness (QED) is 0.201. The molecule has 2 saturated heterocycles. The van der Waals surface area contributed by atoms with Gasteiger partial charge in [-0.2, -0.15) is 0 Å². The molecule has 4 heterocycles. The summed E-state index contributed by atoms with van der Waals surface area (Å²) in [4.78, 5) is 12.5. The van der Waals surface area contributed by atoms with Crippen LogP contribution in [0, 0.1) is 13.8 Å². The van der Waals surface area contributed by atoms with Crippen molar-refractivity contribution in [1.29, 1.82) is 0 Å². The Morgan fingerprint density at radius 1 is 0.690 bits per heavy atom. The van der Waals surface area contributed by atoms with Crippen LogP contribution in [0.25, 0.3) is 0 Å². The number of morpholine rings is 2. The van der Waals surface area contributed by atoms with Gasteiger partial charge in [-0.3, -0.25) is 0 Å². The van der Waals surface area contributed by atoms with Gasteiger partial charge in [-0.25, -0.2) is 15.0 Å². The van der Waals surface area contributed by atoms with Gasteiger partial charge in [0.2, 0.25) is 5.95 Å². The van der Waals surface area contributed by atoms with E-state index in [2.05, 4.69) is 80.4 Å². The van der Waals surface area contributed by atoms with E-state index in [4.69, 9.17) is 32.7 Å².